The van der Waals surface area contributed by atoms with Gasteiger partial charge < -0.3 is 61.6 Å². The molecule has 0 saturated carbocycles. The van der Waals surface area contributed by atoms with Crippen LogP contribution in [0.1, 0.15) is 54.8 Å². The van der Waals surface area contributed by atoms with Gasteiger partial charge in [0.2, 0.25) is 11.8 Å². The van der Waals surface area contributed by atoms with Crippen LogP contribution in [0.3, 0.4) is 0 Å². The SMILES string of the molecule is Cn1cc(NC(=O)c2cc(NC(=O)/C=C\C(=O)Nc3cc(C(=O)Nc4cc(C(=O)[15NH]CCC(=N)N)n(C)c4)n(C)c3)cn2C)cc1C(=O)NCCC(=N)N. The number of carbonyl (C=O) groups is 6. The van der Waals surface area contributed by atoms with E-state index in [4.69, 9.17) is 22.3 Å². The number of nitrogens with two attached hydrogens (primary N) is 2. The lowest BCUT2D eigenvalue weighted by atomic mass is 10.3. The molecule has 284 valence electrons. The largest absolute Gasteiger partial charge is 0.388 e. The molecule has 0 atom stereocenters. The summed E-state index contributed by atoms with van der Waals surface area (Å²) in [5, 5.41) is 30.4. The average molecular weight is 744 g/mol. The lowest BCUT2D eigenvalue weighted by Gasteiger charge is -2.04. The first-order valence-corrected chi connectivity index (χ1v) is 16.3. The molecule has 4 heterocycles. The Morgan fingerprint density at radius 1 is 0.519 bits per heavy atom. The predicted molar refractivity (Wildman–Crippen MR) is 202 cm³/mol. The number of hydrogen-bond acceptors (Lipinski definition) is 8. The Labute approximate surface area is 308 Å². The summed E-state index contributed by atoms with van der Waals surface area (Å²) in [5.41, 5.74) is 12.9. The maximum absolute atomic E-state index is 13.0. The fourth-order valence-electron chi connectivity index (χ4n) is 5.15. The fraction of sp³-hybridized carbons (Fsp3) is 0.235. The van der Waals surface area contributed by atoms with E-state index in [2.05, 4.69) is 31.9 Å². The van der Waals surface area contributed by atoms with Gasteiger partial charge in [0.25, 0.3) is 23.6 Å². The summed E-state index contributed by atoms with van der Waals surface area (Å²) in [7, 11) is 6.50. The van der Waals surface area contributed by atoms with Gasteiger partial charge in [-0.15, -0.1) is 0 Å². The highest BCUT2D eigenvalue weighted by atomic mass is 16.2. The van der Waals surface area contributed by atoms with E-state index in [0.29, 0.717) is 11.4 Å². The number of carbonyl (C=O) groups excluding carboxylic acids is 6. The van der Waals surface area contributed by atoms with Crippen molar-refractivity contribution in [2.45, 2.75) is 12.8 Å². The molecule has 0 bridgehead atoms. The van der Waals surface area contributed by atoms with Crippen LogP contribution in [0.4, 0.5) is 22.7 Å². The van der Waals surface area contributed by atoms with Gasteiger partial charge in [-0.1, -0.05) is 0 Å². The van der Waals surface area contributed by atoms with Crippen molar-refractivity contribution in [1.82, 2.24) is 28.9 Å². The standard InChI is InChI=1S/C34H42N14O6/c1-45-17-21(13-23(45)31(51)39-9-7-27(35)36)43-33(53)25-11-19(15-47(25)3)41-29(49)5-6-30(50)42-20-12-26(48(4)16-20)34(54)44-22-14-24(46(2)18-22)32(52)40-10-8-28(37)38/h5-6,11-18H,7-10H2,1-4H3,(H3,35,36)(H3,37,38)(H,39,51)(H,40,52)(H,41,49)(H,42,50)(H,43,53)(H,44,54)/b6-5-/i39+1. The third kappa shape index (κ3) is 10.6. The number of aryl methyl sites for hydroxylation is 4. The lowest BCUT2D eigenvalue weighted by molar-refractivity contribution is -0.114. The number of amidine groups is 2. The van der Waals surface area contributed by atoms with E-state index in [1.54, 1.807) is 49.7 Å². The first-order valence-electron chi connectivity index (χ1n) is 16.3. The Hall–Kier alpha value is -7.38. The molecule has 4 rings (SSSR count). The zero-order valence-electron chi connectivity index (χ0n) is 30.0. The highest BCUT2D eigenvalue weighted by Crippen LogP contribution is 2.19. The van der Waals surface area contributed by atoms with Crippen molar-refractivity contribution in [3.05, 3.63) is 84.0 Å². The van der Waals surface area contributed by atoms with Crippen LogP contribution in [0.2, 0.25) is 0 Å². The topological polar surface area (TPSA) is 294 Å². The maximum Gasteiger partial charge on any atom is 0.272 e. The second-order valence-electron chi connectivity index (χ2n) is 12.2. The summed E-state index contributed by atoms with van der Waals surface area (Å²) < 4.78 is 6.07. The molecular weight excluding hydrogens is 701 g/mol. The van der Waals surface area contributed by atoms with E-state index in [9.17, 15) is 28.8 Å². The van der Waals surface area contributed by atoms with Gasteiger partial charge in [-0.05, 0) is 24.3 Å². The molecule has 12 N–H and O–H groups in total. The quantitative estimate of drug-likeness (QED) is 0.0338. The van der Waals surface area contributed by atoms with Crippen molar-refractivity contribution in [3.8, 4) is 0 Å². The van der Waals surface area contributed by atoms with Gasteiger partial charge in [0.15, 0.2) is 0 Å². The van der Waals surface area contributed by atoms with Gasteiger partial charge in [-0.25, -0.2) is 0 Å². The third-order valence-corrected chi connectivity index (χ3v) is 7.75. The zero-order chi connectivity index (χ0) is 39.7. The molecule has 0 radical (unpaired) electrons. The van der Waals surface area contributed by atoms with E-state index in [1.165, 1.54) is 45.8 Å². The molecule has 0 fully saturated rings. The average Bonchev–Trinajstić information content (AvgIpc) is 3.84. The van der Waals surface area contributed by atoms with Crippen LogP contribution in [0, 0.1) is 10.8 Å². The smallest absolute Gasteiger partial charge is 0.272 e. The van der Waals surface area contributed by atoms with Crippen LogP contribution in [-0.2, 0) is 37.8 Å². The molecule has 6 amide bonds. The van der Waals surface area contributed by atoms with E-state index in [1.807, 2.05) is 0 Å². The van der Waals surface area contributed by atoms with Crippen molar-refractivity contribution in [1.29, 1.82) is 10.8 Å². The number of nitrogens with one attached hydrogen (secondary N) is 8. The van der Waals surface area contributed by atoms with Crippen molar-refractivity contribution in [2.75, 3.05) is 34.4 Å². The Kier molecular flexibility index (Phi) is 12.6. The number of hydrogen-bond donors (Lipinski definition) is 10. The van der Waals surface area contributed by atoms with Gasteiger partial charge >= 0.3 is 0 Å². The molecule has 54 heavy (non-hydrogen) atoms. The molecule has 4 aromatic rings. The number of aromatic nitrogens is 4. The first kappa shape index (κ1) is 39.4. The van der Waals surface area contributed by atoms with Crippen LogP contribution >= 0.6 is 0 Å². The minimum Gasteiger partial charge on any atom is -0.388 e. The van der Waals surface area contributed by atoms with Crippen molar-refractivity contribution >= 4 is 69.9 Å². The normalized spacial score (nSPS) is 10.8. The van der Waals surface area contributed by atoms with E-state index < -0.39 is 35.4 Å². The van der Waals surface area contributed by atoms with E-state index >= 15 is 0 Å². The van der Waals surface area contributed by atoms with Crippen LogP contribution in [-0.4, -0.2) is 78.5 Å². The van der Waals surface area contributed by atoms with Crippen molar-refractivity contribution < 1.29 is 28.8 Å². The van der Waals surface area contributed by atoms with Gasteiger partial charge in [-0.3, -0.25) is 39.6 Å². The highest BCUT2D eigenvalue weighted by molar-refractivity contribution is 6.09. The number of amides is 6. The zero-order valence-corrected chi connectivity index (χ0v) is 30.0. The molecule has 0 aliphatic carbocycles. The summed E-state index contributed by atoms with van der Waals surface area (Å²) in [6.07, 6.45) is 8.59. The molecule has 0 saturated heterocycles. The lowest BCUT2D eigenvalue weighted by Crippen LogP contribution is -2.28. The van der Waals surface area contributed by atoms with Gasteiger partial charge in [0, 0.05) is 91.1 Å². The monoisotopic (exact) mass is 743 g/mol. The predicted octanol–water partition coefficient (Wildman–Crippen LogP) is 0.790. The van der Waals surface area contributed by atoms with Crippen molar-refractivity contribution in [2.24, 2.45) is 39.7 Å². The molecule has 0 unspecified atom stereocenters. The minimum atomic E-state index is -0.644. The van der Waals surface area contributed by atoms with Gasteiger partial charge in [0.1, 0.15) is 22.8 Å². The van der Waals surface area contributed by atoms with Crippen LogP contribution in [0.15, 0.2) is 61.2 Å². The summed E-state index contributed by atoms with van der Waals surface area (Å²) in [6, 6.07) is 5.88. The summed E-state index contributed by atoms with van der Waals surface area (Å²) in [4.78, 5) is 76.1. The maximum atomic E-state index is 13.0. The van der Waals surface area contributed by atoms with Gasteiger partial charge in [0.05, 0.1) is 34.4 Å². The summed E-state index contributed by atoms with van der Waals surface area (Å²) in [5.74, 6) is -3.18. The second kappa shape index (κ2) is 17.2. The fourth-order valence-corrected chi connectivity index (χ4v) is 5.15. The third-order valence-electron chi connectivity index (χ3n) is 7.75. The number of nitrogens with zero attached hydrogens (tertiary/aromatic N) is 4. The van der Waals surface area contributed by atoms with E-state index in [-0.39, 0.29) is 71.8 Å². The first-order chi connectivity index (χ1) is 25.5. The molecule has 20 nitrogen and oxygen atoms in total. The molecule has 0 aromatic carbocycles. The Balaban J connectivity index is 1.28. The Bertz CT molecular complexity index is 2010. The molecule has 0 aliphatic heterocycles. The van der Waals surface area contributed by atoms with Crippen LogP contribution < -0.4 is 43.4 Å². The number of anilines is 4. The van der Waals surface area contributed by atoms with Crippen molar-refractivity contribution in [3.63, 3.8) is 0 Å². The molecule has 0 aliphatic rings. The number of rotatable bonds is 16. The second-order valence-corrected chi connectivity index (χ2v) is 12.2. The minimum absolute atomic E-state index is 0.0492. The summed E-state index contributed by atoms with van der Waals surface area (Å²) in [6.45, 7) is 0.391. The Morgan fingerprint density at radius 3 is 1.09 bits per heavy atom. The van der Waals surface area contributed by atoms with Gasteiger partial charge in [-0.2, -0.15) is 0 Å². The molecule has 0 spiro atoms. The Morgan fingerprint density at radius 2 is 0.796 bits per heavy atom. The van der Waals surface area contributed by atoms with Crippen LogP contribution in [0.5, 0.6) is 0 Å². The van der Waals surface area contributed by atoms with E-state index in [0.717, 1.165) is 12.2 Å². The molecule has 20 heteroatoms. The highest BCUT2D eigenvalue weighted by Gasteiger charge is 2.19. The summed E-state index contributed by atoms with van der Waals surface area (Å²) >= 11 is 0. The van der Waals surface area contributed by atoms with Crippen LogP contribution in [0.25, 0.3) is 0 Å². The molecule has 4 aromatic heterocycles. The molecular formula is C34H42N14O6.